The molecule has 0 amide bonds. The van der Waals surface area contributed by atoms with Gasteiger partial charge >= 0.3 is 0 Å². The van der Waals surface area contributed by atoms with E-state index < -0.39 is 0 Å². The summed E-state index contributed by atoms with van der Waals surface area (Å²) in [7, 11) is 0. The maximum absolute atomic E-state index is 4.31. The van der Waals surface area contributed by atoms with E-state index in [1.165, 1.54) is 11.3 Å². The molecule has 4 heteroatoms. The second-order valence-electron chi connectivity index (χ2n) is 3.95. The highest BCUT2D eigenvalue weighted by Crippen LogP contribution is 2.27. The number of anilines is 1. The molecule has 0 atom stereocenters. The molecule has 0 unspecified atom stereocenters. The number of aromatic nitrogens is 3. The first kappa shape index (κ1) is 9.39. The summed E-state index contributed by atoms with van der Waals surface area (Å²) in [5.74, 6) is 0.956. The van der Waals surface area contributed by atoms with E-state index >= 15 is 0 Å². The average Bonchev–Trinajstić information content (AvgIpc) is 2.96. The van der Waals surface area contributed by atoms with Crippen molar-refractivity contribution in [1.82, 2.24) is 14.8 Å². The first-order valence-electron chi connectivity index (χ1n) is 5.63. The van der Waals surface area contributed by atoms with Gasteiger partial charge in [0.1, 0.15) is 6.33 Å². The van der Waals surface area contributed by atoms with Gasteiger partial charge in [0.25, 0.3) is 0 Å². The number of rotatable bonds is 2. The minimum atomic E-state index is 0.852. The SMILES string of the molecule is CCn1ncnc1-c1ccc2c(c1)CCN2. The second-order valence-corrected chi connectivity index (χ2v) is 3.95. The van der Waals surface area contributed by atoms with Gasteiger partial charge in [-0.05, 0) is 37.1 Å². The Morgan fingerprint density at radius 2 is 2.38 bits per heavy atom. The third kappa shape index (κ3) is 1.38. The molecular formula is C12H14N4. The predicted molar refractivity (Wildman–Crippen MR) is 63.3 cm³/mol. The molecule has 1 aromatic carbocycles. The quantitative estimate of drug-likeness (QED) is 0.830. The van der Waals surface area contributed by atoms with Crippen LogP contribution in [0.4, 0.5) is 5.69 Å². The van der Waals surface area contributed by atoms with Crippen LogP contribution < -0.4 is 5.32 Å². The molecule has 0 saturated heterocycles. The maximum atomic E-state index is 4.31. The number of hydrogen-bond donors (Lipinski definition) is 1. The Kier molecular flexibility index (Phi) is 2.13. The molecule has 0 fully saturated rings. The zero-order valence-corrected chi connectivity index (χ0v) is 9.27. The van der Waals surface area contributed by atoms with E-state index in [9.17, 15) is 0 Å². The molecule has 16 heavy (non-hydrogen) atoms. The fraction of sp³-hybridized carbons (Fsp3) is 0.333. The zero-order chi connectivity index (χ0) is 11.0. The largest absolute Gasteiger partial charge is 0.384 e. The van der Waals surface area contributed by atoms with Gasteiger partial charge in [0.2, 0.25) is 0 Å². The van der Waals surface area contributed by atoms with Crippen molar-refractivity contribution >= 4 is 5.69 Å². The van der Waals surface area contributed by atoms with Crippen molar-refractivity contribution in [3.8, 4) is 11.4 Å². The van der Waals surface area contributed by atoms with E-state index in [1.807, 2.05) is 4.68 Å². The number of hydrogen-bond acceptors (Lipinski definition) is 3. The lowest BCUT2D eigenvalue weighted by Gasteiger charge is -2.05. The summed E-state index contributed by atoms with van der Waals surface area (Å²) in [6.07, 6.45) is 2.72. The van der Waals surface area contributed by atoms with Crippen molar-refractivity contribution in [1.29, 1.82) is 0 Å². The Hall–Kier alpha value is -1.84. The summed E-state index contributed by atoms with van der Waals surface area (Å²) in [4.78, 5) is 4.31. The standard InChI is InChI=1S/C12H14N4/c1-2-16-12(14-8-15-16)10-3-4-11-9(7-10)5-6-13-11/h3-4,7-8,13H,2,5-6H2,1H3. The van der Waals surface area contributed by atoms with Crippen LogP contribution in [-0.4, -0.2) is 21.3 Å². The Morgan fingerprint density at radius 3 is 3.25 bits per heavy atom. The fourth-order valence-electron chi connectivity index (χ4n) is 2.16. The molecule has 0 radical (unpaired) electrons. The Balaban J connectivity index is 2.07. The highest BCUT2D eigenvalue weighted by atomic mass is 15.3. The van der Waals surface area contributed by atoms with Crippen molar-refractivity contribution in [2.24, 2.45) is 0 Å². The van der Waals surface area contributed by atoms with Crippen LogP contribution in [0.25, 0.3) is 11.4 Å². The van der Waals surface area contributed by atoms with Crippen LogP contribution in [0.5, 0.6) is 0 Å². The van der Waals surface area contributed by atoms with Crippen molar-refractivity contribution in [2.75, 3.05) is 11.9 Å². The third-order valence-corrected chi connectivity index (χ3v) is 2.99. The average molecular weight is 214 g/mol. The third-order valence-electron chi connectivity index (χ3n) is 2.99. The molecule has 2 heterocycles. The normalized spacial score (nSPS) is 13.6. The summed E-state index contributed by atoms with van der Waals surface area (Å²) >= 11 is 0. The van der Waals surface area contributed by atoms with E-state index in [0.717, 1.165) is 30.9 Å². The molecule has 2 aromatic rings. The molecule has 4 nitrogen and oxygen atoms in total. The smallest absolute Gasteiger partial charge is 0.158 e. The van der Waals surface area contributed by atoms with Gasteiger partial charge in [-0.25, -0.2) is 9.67 Å². The summed E-state index contributed by atoms with van der Waals surface area (Å²) in [6.45, 7) is 3.97. The van der Waals surface area contributed by atoms with Gasteiger partial charge in [0.15, 0.2) is 5.82 Å². The van der Waals surface area contributed by atoms with Gasteiger partial charge in [-0.2, -0.15) is 5.10 Å². The summed E-state index contributed by atoms with van der Waals surface area (Å²) in [5.41, 5.74) is 3.79. The number of nitrogens with zero attached hydrogens (tertiary/aromatic N) is 3. The maximum Gasteiger partial charge on any atom is 0.158 e. The first-order valence-corrected chi connectivity index (χ1v) is 5.63. The highest BCUT2D eigenvalue weighted by molar-refractivity contribution is 5.65. The summed E-state index contributed by atoms with van der Waals surface area (Å²) in [5, 5.41) is 7.55. The Labute approximate surface area is 94.3 Å². The molecule has 0 spiro atoms. The van der Waals surface area contributed by atoms with Gasteiger partial charge in [-0.1, -0.05) is 0 Å². The summed E-state index contributed by atoms with van der Waals surface area (Å²) < 4.78 is 1.92. The number of nitrogens with one attached hydrogen (secondary N) is 1. The van der Waals surface area contributed by atoms with Gasteiger partial charge in [-0.3, -0.25) is 0 Å². The van der Waals surface area contributed by atoms with Crippen molar-refractivity contribution in [3.63, 3.8) is 0 Å². The highest BCUT2D eigenvalue weighted by Gasteiger charge is 2.12. The number of aryl methyl sites for hydroxylation is 1. The van der Waals surface area contributed by atoms with Gasteiger partial charge < -0.3 is 5.32 Å². The van der Waals surface area contributed by atoms with E-state index in [-0.39, 0.29) is 0 Å². The van der Waals surface area contributed by atoms with E-state index in [1.54, 1.807) is 6.33 Å². The lowest BCUT2D eigenvalue weighted by Crippen LogP contribution is -1.99. The monoisotopic (exact) mass is 214 g/mol. The van der Waals surface area contributed by atoms with Crippen LogP contribution in [-0.2, 0) is 13.0 Å². The minimum Gasteiger partial charge on any atom is -0.384 e. The minimum absolute atomic E-state index is 0.852. The Morgan fingerprint density at radius 1 is 1.44 bits per heavy atom. The fourth-order valence-corrected chi connectivity index (χ4v) is 2.16. The van der Waals surface area contributed by atoms with Crippen LogP contribution in [0.15, 0.2) is 24.5 Å². The molecular weight excluding hydrogens is 200 g/mol. The van der Waals surface area contributed by atoms with Crippen LogP contribution in [0.3, 0.4) is 0 Å². The lowest BCUT2D eigenvalue weighted by atomic mass is 10.1. The lowest BCUT2D eigenvalue weighted by molar-refractivity contribution is 0.666. The van der Waals surface area contributed by atoms with Crippen LogP contribution >= 0.6 is 0 Å². The summed E-state index contributed by atoms with van der Waals surface area (Å²) in [6, 6.07) is 6.45. The molecule has 3 rings (SSSR count). The Bertz CT molecular complexity index is 515. The molecule has 1 N–H and O–H groups in total. The van der Waals surface area contributed by atoms with Crippen molar-refractivity contribution in [3.05, 3.63) is 30.1 Å². The predicted octanol–water partition coefficient (Wildman–Crippen LogP) is 1.93. The first-order chi connectivity index (χ1) is 7.88. The van der Waals surface area contributed by atoms with E-state index in [4.69, 9.17) is 0 Å². The van der Waals surface area contributed by atoms with Gasteiger partial charge in [-0.15, -0.1) is 0 Å². The topological polar surface area (TPSA) is 42.7 Å². The molecule has 1 aromatic heterocycles. The van der Waals surface area contributed by atoms with Crippen LogP contribution in [0.1, 0.15) is 12.5 Å². The number of benzene rings is 1. The molecule has 0 saturated carbocycles. The molecule has 82 valence electrons. The van der Waals surface area contributed by atoms with Crippen LogP contribution in [0.2, 0.25) is 0 Å². The second kappa shape index (κ2) is 3.63. The molecule has 0 bridgehead atoms. The van der Waals surface area contributed by atoms with E-state index in [0.29, 0.717) is 0 Å². The molecule has 0 aliphatic carbocycles. The zero-order valence-electron chi connectivity index (χ0n) is 9.27. The molecule has 1 aliphatic rings. The molecule has 1 aliphatic heterocycles. The van der Waals surface area contributed by atoms with Crippen molar-refractivity contribution < 1.29 is 0 Å². The number of fused-ring (bicyclic) bond motifs is 1. The van der Waals surface area contributed by atoms with Gasteiger partial charge in [0, 0.05) is 24.3 Å². The van der Waals surface area contributed by atoms with Crippen LogP contribution in [0, 0.1) is 0 Å². The van der Waals surface area contributed by atoms with Gasteiger partial charge in [0.05, 0.1) is 0 Å². The van der Waals surface area contributed by atoms with Crippen molar-refractivity contribution in [2.45, 2.75) is 19.9 Å². The van der Waals surface area contributed by atoms with E-state index in [2.05, 4.69) is 40.5 Å².